The third-order valence-corrected chi connectivity index (χ3v) is 5.40. The normalized spacial score (nSPS) is 18.4. The predicted octanol–water partition coefficient (Wildman–Crippen LogP) is 1.54. The van der Waals surface area contributed by atoms with Gasteiger partial charge < -0.3 is 5.73 Å². The Kier molecular flexibility index (Phi) is 4.78. The van der Waals surface area contributed by atoms with Crippen molar-refractivity contribution in [2.24, 2.45) is 11.1 Å². The van der Waals surface area contributed by atoms with E-state index < -0.39 is 10.0 Å². The van der Waals surface area contributed by atoms with Crippen LogP contribution in [0.3, 0.4) is 0 Å². The van der Waals surface area contributed by atoms with Gasteiger partial charge in [-0.05, 0) is 18.3 Å². The molecular formula is C12H25N3O2S. The molecule has 5 nitrogen and oxygen atoms in total. The Hall–Kier alpha value is -0.620. The maximum atomic E-state index is 12.4. The van der Waals surface area contributed by atoms with Gasteiger partial charge in [0.25, 0.3) is 0 Å². The predicted molar refractivity (Wildman–Crippen MR) is 74.1 cm³/mol. The van der Waals surface area contributed by atoms with E-state index in [4.69, 9.17) is 11.1 Å². The molecule has 1 fully saturated rings. The quantitative estimate of drug-likeness (QED) is 0.589. The number of rotatable bonds is 5. The summed E-state index contributed by atoms with van der Waals surface area (Å²) < 4.78 is 26.3. The third-order valence-electron chi connectivity index (χ3n) is 3.03. The minimum Gasteiger partial charge on any atom is -0.387 e. The fourth-order valence-corrected chi connectivity index (χ4v) is 4.71. The Balaban J connectivity index is 2.90. The van der Waals surface area contributed by atoms with E-state index >= 15 is 0 Å². The lowest BCUT2D eigenvalue weighted by Crippen LogP contribution is -2.46. The second kappa shape index (κ2) is 5.57. The van der Waals surface area contributed by atoms with Gasteiger partial charge >= 0.3 is 0 Å². The van der Waals surface area contributed by atoms with Crippen LogP contribution in [-0.2, 0) is 10.0 Å². The van der Waals surface area contributed by atoms with Crippen molar-refractivity contribution in [3.05, 3.63) is 0 Å². The number of hydrogen-bond acceptors (Lipinski definition) is 3. The van der Waals surface area contributed by atoms with Gasteiger partial charge in [-0.25, -0.2) is 8.42 Å². The molecule has 1 aliphatic rings. The molecule has 0 heterocycles. The fraction of sp³-hybridized carbons (Fsp3) is 0.917. The van der Waals surface area contributed by atoms with Gasteiger partial charge in [-0.15, -0.1) is 0 Å². The molecule has 0 unspecified atom stereocenters. The highest BCUT2D eigenvalue weighted by Crippen LogP contribution is 2.28. The van der Waals surface area contributed by atoms with Crippen LogP contribution in [0.5, 0.6) is 0 Å². The van der Waals surface area contributed by atoms with Crippen LogP contribution in [0.1, 0.15) is 46.5 Å². The van der Waals surface area contributed by atoms with Crippen LogP contribution < -0.4 is 5.73 Å². The summed E-state index contributed by atoms with van der Waals surface area (Å²) >= 11 is 0. The first-order chi connectivity index (χ1) is 8.12. The second-order valence-electron chi connectivity index (χ2n) is 6.33. The largest absolute Gasteiger partial charge is 0.387 e. The Bertz CT molecular complexity index is 392. The zero-order valence-corrected chi connectivity index (χ0v) is 12.4. The van der Waals surface area contributed by atoms with Crippen molar-refractivity contribution < 1.29 is 8.42 Å². The summed E-state index contributed by atoms with van der Waals surface area (Å²) in [5.74, 6) is 0.0171. The van der Waals surface area contributed by atoms with Gasteiger partial charge in [0, 0.05) is 6.04 Å². The van der Waals surface area contributed by atoms with E-state index in [1.165, 1.54) is 4.31 Å². The average molecular weight is 275 g/mol. The van der Waals surface area contributed by atoms with Gasteiger partial charge in [0.15, 0.2) is 0 Å². The molecule has 18 heavy (non-hydrogen) atoms. The van der Waals surface area contributed by atoms with Gasteiger partial charge in [-0.2, -0.15) is 4.31 Å². The molecule has 0 aliphatic heterocycles. The van der Waals surface area contributed by atoms with E-state index in [0.717, 1.165) is 25.7 Å². The van der Waals surface area contributed by atoms with Crippen molar-refractivity contribution in [2.75, 3.05) is 12.3 Å². The molecule has 0 spiro atoms. The molecule has 6 heteroatoms. The summed E-state index contributed by atoms with van der Waals surface area (Å²) in [7, 11) is -3.35. The lowest BCUT2D eigenvalue weighted by molar-refractivity contribution is 0.342. The van der Waals surface area contributed by atoms with Crippen LogP contribution in [0.15, 0.2) is 0 Å². The zero-order valence-electron chi connectivity index (χ0n) is 11.6. The second-order valence-corrected chi connectivity index (χ2v) is 8.25. The molecule has 0 radical (unpaired) electrons. The molecule has 3 N–H and O–H groups in total. The van der Waals surface area contributed by atoms with E-state index in [1.807, 2.05) is 20.8 Å². The number of sulfonamides is 1. The number of nitrogens with one attached hydrogen (secondary N) is 1. The Morgan fingerprint density at radius 2 is 1.83 bits per heavy atom. The van der Waals surface area contributed by atoms with Crippen molar-refractivity contribution in [3.63, 3.8) is 0 Å². The molecule has 1 aliphatic carbocycles. The molecule has 0 amide bonds. The maximum absolute atomic E-state index is 12.4. The summed E-state index contributed by atoms with van der Waals surface area (Å²) in [6.45, 7) is 5.75. The van der Waals surface area contributed by atoms with Crippen molar-refractivity contribution in [1.82, 2.24) is 4.31 Å². The molecular weight excluding hydrogens is 250 g/mol. The SMILES string of the molecule is CC(C)(C)CS(=O)(=O)N(CC(=N)N)C1CCCC1. The molecule has 0 aromatic carbocycles. The topological polar surface area (TPSA) is 87.2 Å². The fourth-order valence-electron chi connectivity index (χ4n) is 2.44. The van der Waals surface area contributed by atoms with E-state index in [0.29, 0.717) is 0 Å². The Morgan fingerprint density at radius 1 is 1.33 bits per heavy atom. The molecule has 0 bridgehead atoms. The van der Waals surface area contributed by atoms with Gasteiger partial charge in [-0.1, -0.05) is 33.6 Å². The molecule has 106 valence electrons. The van der Waals surface area contributed by atoms with E-state index in [9.17, 15) is 8.42 Å². The van der Waals surface area contributed by atoms with Crippen LogP contribution in [0.2, 0.25) is 0 Å². The van der Waals surface area contributed by atoms with Gasteiger partial charge in [0.2, 0.25) is 10.0 Å². The number of hydrogen-bond donors (Lipinski definition) is 2. The summed E-state index contributed by atoms with van der Waals surface area (Å²) in [5, 5.41) is 7.37. The summed E-state index contributed by atoms with van der Waals surface area (Å²) in [5.41, 5.74) is 5.11. The van der Waals surface area contributed by atoms with Crippen molar-refractivity contribution >= 4 is 15.9 Å². The van der Waals surface area contributed by atoms with E-state index in [2.05, 4.69) is 0 Å². The first-order valence-electron chi connectivity index (χ1n) is 6.44. The average Bonchev–Trinajstić information content (AvgIpc) is 2.61. The highest BCUT2D eigenvalue weighted by molar-refractivity contribution is 7.89. The summed E-state index contributed by atoms with van der Waals surface area (Å²) in [4.78, 5) is 0. The minimum absolute atomic E-state index is 0.0289. The Labute approximate surface area is 110 Å². The smallest absolute Gasteiger partial charge is 0.215 e. The molecule has 0 atom stereocenters. The highest BCUT2D eigenvalue weighted by Gasteiger charge is 2.34. The molecule has 0 saturated heterocycles. The van der Waals surface area contributed by atoms with Crippen LogP contribution >= 0.6 is 0 Å². The number of nitrogens with zero attached hydrogens (tertiary/aromatic N) is 1. The van der Waals surface area contributed by atoms with E-state index in [-0.39, 0.29) is 29.6 Å². The van der Waals surface area contributed by atoms with Crippen LogP contribution in [0, 0.1) is 10.8 Å². The van der Waals surface area contributed by atoms with E-state index in [1.54, 1.807) is 0 Å². The summed E-state index contributed by atoms with van der Waals surface area (Å²) in [6, 6.07) is 0.0289. The molecule has 0 aromatic heterocycles. The van der Waals surface area contributed by atoms with Crippen LogP contribution in [0.4, 0.5) is 0 Å². The number of nitrogens with two attached hydrogens (primary N) is 1. The van der Waals surface area contributed by atoms with Crippen molar-refractivity contribution in [1.29, 1.82) is 5.41 Å². The maximum Gasteiger partial charge on any atom is 0.215 e. The first kappa shape index (κ1) is 15.4. The standard InChI is InChI=1S/C12H25N3O2S/c1-12(2,3)9-18(16,17)15(8-11(13)14)10-6-4-5-7-10/h10H,4-9H2,1-3H3,(H3,13,14). The Morgan fingerprint density at radius 3 is 2.22 bits per heavy atom. The van der Waals surface area contributed by atoms with Crippen LogP contribution in [-0.4, -0.2) is 36.9 Å². The zero-order chi connectivity index (χ0) is 14.0. The van der Waals surface area contributed by atoms with Gasteiger partial charge in [0.1, 0.15) is 5.84 Å². The number of amidine groups is 1. The molecule has 1 rings (SSSR count). The van der Waals surface area contributed by atoms with Gasteiger partial charge in [0.05, 0.1) is 12.3 Å². The molecule has 1 saturated carbocycles. The van der Waals surface area contributed by atoms with Crippen molar-refractivity contribution in [2.45, 2.75) is 52.5 Å². The molecule has 0 aromatic rings. The minimum atomic E-state index is -3.35. The van der Waals surface area contributed by atoms with Crippen molar-refractivity contribution in [3.8, 4) is 0 Å². The summed E-state index contributed by atoms with van der Waals surface area (Å²) in [6.07, 6.45) is 3.89. The first-order valence-corrected chi connectivity index (χ1v) is 8.05. The van der Waals surface area contributed by atoms with Crippen LogP contribution in [0.25, 0.3) is 0 Å². The lowest BCUT2D eigenvalue weighted by Gasteiger charge is -2.30. The lowest BCUT2D eigenvalue weighted by atomic mass is 10.0. The third kappa shape index (κ3) is 4.57. The monoisotopic (exact) mass is 275 g/mol. The highest BCUT2D eigenvalue weighted by atomic mass is 32.2. The van der Waals surface area contributed by atoms with Gasteiger partial charge in [-0.3, -0.25) is 5.41 Å².